The Balaban J connectivity index is 0.834. The molecule has 11 nitrogen and oxygen atoms in total. The standard InChI is InChI=1S/C40H41Cl2N7O4S/c1-50-38-23-48(22-29-5-3-2-4-6-29)39(54-38)45-31-8-10-32(11-9-31)46-17-19-47(20-18-46)33-12-14-34(15-13-33)51-24-35-25-52-40(53-35,26-49-28-43-27-44-49)36-16-7-30(41)21-37(36)42/h2-16,21,27-28,35,38H,17-20,22-26H2,1H3/b45-39+. The molecule has 14 heteroatoms. The van der Waals surface area contributed by atoms with Gasteiger partial charge in [0, 0.05) is 61.8 Å². The quantitative estimate of drug-likeness (QED) is 0.127. The molecule has 5 aromatic rings. The highest BCUT2D eigenvalue weighted by Crippen LogP contribution is 2.40. The second-order valence-corrected chi connectivity index (χ2v) is 15.3. The van der Waals surface area contributed by atoms with Crippen molar-refractivity contribution in [2.45, 2.75) is 30.4 Å². The van der Waals surface area contributed by atoms with Gasteiger partial charge in [0.15, 0.2) is 5.17 Å². The molecule has 0 radical (unpaired) electrons. The first kappa shape index (κ1) is 36.7. The molecule has 0 saturated carbocycles. The predicted molar refractivity (Wildman–Crippen MR) is 214 cm³/mol. The molecule has 1 aromatic heterocycles. The van der Waals surface area contributed by atoms with Crippen LogP contribution in [0.1, 0.15) is 11.1 Å². The first-order chi connectivity index (χ1) is 26.4. The van der Waals surface area contributed by atoms with Crippen LogP contribution in [0.4, 0.5) is 17.1 Å². The van der Waals surface area contributed by atoms with Crippen LogP contribution in [0.25, 0.3) is 0 Å². The van der Waals surface area contributed by atoms with E-state index < -0.39 is 5.79 Å². The van der Waals surface area contributed by atoms with Gasteiger partial charge in [-0.25, -0.2) is 14.7 Å². The minimum Gasteiger partial charge on any atom is -0.491 e. The second-order valence-electron chi connectivity index (χ2n) is 13.4. The summed E-state index contributed by atoms with van der Waals surface area (Å²) >= 11 is 14.5. The molecule has 3 fully saturated rings. The third-order valence-corrected chi connectivity index (χ3v) is 11.5. The van der Waals surface area contributed by atoms with Crippen LogP contribution in [0.5, 0.6) is 5.75 Å². The average molecular weight is 787 g/mol. The van der Waals surface area contributed by atoms with Crippen LogP contribution in [0, 0.1) is 0 Å². The van der Waals surface area contributed by atoms with Crippen LogP contribution < -0.4 is 14.5 Å². The van der Waals surface area contributed by atoms with E-state index in [1.54, 1.807) is 42.0 Å². The van der Waals surface area contributed by atoms with Gasteiger partial charge in [-0.1, -0.05) is 71.4 Å². The molecule has 0 amide bonds. The lowest BCUT2D eigenvalue weighted by molar-refractivity contribution is -0.190. The number of amidine groups is 1. The Morgan fingerprint density at radius 2 is 1.63 bits per heavy atom. The first-order valence-corrected chi connectivity index (χ1v) is 19.6. The zero-order valence-electron chi connectivity index (χ0n) is 29.8. The third kappa shape index (κ3) is 8.49. The van der Waals surface area contributed by atoms with Crippen molar-refractivity contribution in [1.29, 1.82) is 0 Å². The Labute approximate surface area is 329 Å². The van der Waals surface area contributed by atoms with Crippen LogP contribution >= 0.6 is 35.0 Å². The van der Waals surface area contributed by atoms with Crippen molar-refractivity contribution in [1.82, 2.24) is 19.7 Å². The SMILES string of the molecule is COC1CN(Cc2ccccc2)/C(=N\c2ccc(N3CCN(c4ccc(OCC5COC(Cn6cncn6)(c6ccc(Cl)cc6Cl)O5)cc4)CC3)cc2)S1. The van der Waals surface area contributed by atoms with Crippen molar-refractivity contribution in [2.24, 2.45) is 4.99 Å². The van der Waals surface area contributed by atoms with E-state index in [1.807, 2.05) is 24.3 Å². The molecule has 4 aromatic carbocycles. The summed E-state index contributed by atoms with van der Waals surface area (Å²) in [6, 6.07) is 32.6. The fourth-order valence-electron chi connectivity index (χ4n) is 6.94. The number of thioether (sulfide) groups is 1. The maximum absolute atomic E-state index is 6.60. The maximum atomic E-state index is 6.60. The highest BCUT2D eigenvalue weighted by atomic mass is 35.5. The fraction of sp³-hybridized carbons (Fsp3) is 0.325. The lowest BCUT2D eigenvalue weighted by atomic mass is 10.1. The summed E-state index contributed by atoms with van der Waals surface area (Å²) in [5, 5.41) is 6.23. The number of piperazine rings is 1. The lowest BCUT2D eigenvalue weighted by Crippen LogP contribution is -2.46. The number of benzene rings is 4. The van der Waals surface area contributed by atoms with Crippen molar-refractivity contribution >= 4 is 57.2 Å². The van der Waals surface area contributed by atoms with Gasteiger partial charge in [-0.15, -0.1) is 0 Å². The number of methoxy groups -OCH3 is 1. The molecular weight excluding hydrogens is 745 g/mol. The van der Waals surface area contributed by atoms with E-state index in [2.05, 4.69) is 85.4 Å². The summed E-state index contributed by atoms with van der Waals surface area (Å²) in [4.78, 5) is 16.2. The molecule has 280 valence electrons. The summed E-state index contributed by atoms with van der Waals surface area (Å²) in [6.07, 6.45) is 2.76. The summed E-state index contributed by atoms with van der Waals surface area (Å²) in [6.45, 7) is 6.23. The molecule has 3 unspecified atom stereocenters. The molecule has 0 N–H and O–H groups in total. The number of aromatic nitrogens is 3. The Hall–Kier alpha value is -4.30. The predicted octanol–water partition coefficient (Wildman–Crippen LogP) is 7.47. The third-order valence-electron chi connectivity index (χ3n) is 9.75. The molecule has 0 aliphatic carbocycles. The van der Waals surface area contributed by atoms with E-state index in [9.17, 15) is 0 Å². The number of ether oxygens (including phenoxy) is 4. The number of halogens is 2. The van der Waals surface area contributed by atoms with E-state index in [-0.39, 0.29) is 18.1 Å². The van der Waals surface area contributed by atoms with Crippen LogP contribution in [0.2, 0.25) is 10.0 Å². The van der Waals surface area contributed by atoms with Crippen LogP contribution in [0.15, 0.2) is 115 Å². The molecule has 3 aliphatic heterocycles. The maximum Gasteiger partial charge on any atom is 0.217 e. The van der Waals surface area contributed by atoms with Crippen LogP contribution in [0.3, 0.4) is 0 Å². The van der Waals surface area contributed by atoms with E-state index in [0.29, 0.717) is 28.8 Å². The largest absolute Gasteiger partial charge is 0.491 e. The number of rotatable bonds is 12. The Morgan fingerprint density at radius 3 is 2.30 bits per heavy atom. The summed E-state index contributed by atoms with van der Waals surface area (Å²) in [5.74, 6) is -0.390. The van der Waals surface area contributed by atoms with E-state index in [1.165, 1.54) is 23.3 Å². The second kappa shape index (κ2) is 16.6. The number of aliphatic imine (C=N–C) groups is 1. The Bertz CT molecular complexity index is 2020. The van der Waals surface area contributed by atoms with Gasteiger partial charge in [-0.2, -0.15) is 5.10 Å². The zero-order chi connectivity index (χ0) is 36.9. The molecule has 8 rings (SSSR count). The minimum absolute atomic E-state index is 0.0772. The monoisotopic (exact) mass is 785 g/mol. The summed E-state index contributed by atoms with van der Waals surface area (Å²) in [7, 11) is 1.76. The normalized spacial score (nSPS) is 22.4. The minimum atomic E-state index is -1.15. The van der Waals surface area contributed by atoms with E-state index in [0.717, 1.165) is 55.9 Å². The average Bonchev–Trinajstić information content (AvgIpc) is 3.96. The van der Waals surface area contributed by atoms with E-state index >= 15 is 0 Å². The molecule has 4 heterocycles. The van der Waals surface area contributed by atoms with Gasteiger partial charge in [-0.3, -0.25) is 0 Å². The van der Waals surface area contributed by atoms with Gasteiger partial charge >= 0.3 is 0 Å². The number of anilines is 2. The smallest absolute Gasteiger partial charge is 0.217 e. The molecule has 0 spiro atoms. The number of hydrogen-bond acceptors (Lipinski definition) is 10. The van der Waals surface area contributed by atoms with Crippen molar-refractivity contribution in [3.8, 4) is 5.75 Å². The molecular formula is C40H41Cl2N7O4S. The van der Waals surface area contributed by atoms with Gasteiger partial charge in [0.25, 0.3) is 0 Å². The van der Waals surface area contributed by atoms with Crippen LogP contribution in [-0.2, 0) is 33.1 Å². The zero-order valence-corrected chi connectivity index (χ0v) is 32.2. The topological polar surface area (TPSA) is 89.7 Å². The van der Waals surface area contributed by atoms with Gasteiger partial charge in [0.2, 0.25) is 5.79 Å². The molecule has 3 atom stereocenters. The fourth-order valence-corrected chi connectivity index (χ4v) is 8.52. The Kier molecular flexibility index (Phi) is 11.3. The number of nitrogens with zero attached hydrogens (tertiary/aromatic N) is 7. The van der Waals surface area contributed by atoms with Gasteiger partial charge in [-0.05, 0) is 66.2 Å². The van der Waals surface area contributed by atoms with Crippen molar-refractivity contribution in [3.05, 3.63) is 131 Å². The summed E-state index contributed by atoms with van der Waals surface area (Å²) < 4.78 is 26.3. The van der Waals surface area contributed by atoms with E-state index in [4.69, 9.17) is 47.1 Å². The summed E-state index contributed by atoms with van der Waals surface area (Å²) in [5.41, 5.74) is 5.33. The van der Waals surface area contributed by atoms with Gasteiger partial charge < -0.3 is 33.6 Å². The Morgan fingerprint density at radius 1 is 0.907 bits per heavy atom. The first-order valence-electron chi connectivity index (χ1n) is 17.9. The van der Waals surface area contributed by atoms with Crippen molar-refractivity contribution in [2.75, 3.05) is 62.8 Å². The van der Waals surface area contributed by atoms with Gasteiger partial charge in [0.05, 0.1) is 23.9 Å². The molecule has 54 heavy (non-hydrogen) atoms. The molecule has 3 aliphatic rings. The van der Waals surface area contributed by atoms with Gasteiger partial charge in [0.1, 0.15) is 43.1 Å². The van der Waals surface area contributed by atoms with Crippen molar-refractivity contribution in [3.63, 3.8) is 0 Å². The molecule has 3 saturated heterocycles. The van der Waals surface area contributed by atoms with Crippen molar-refractivity contribution < 1.29 is 18.9 Å². The highest BCUT2D eigenvalue weighted by Gasteiger charge is 2.45. The number of hydrogen-bond donors (Lipinski definition) is 0. The highest BCUT2D eigenvalue weighted by molar-refractivity contribution is 8.14. The lowest BCUT2D eigenvalue weighted by Gasteiger charge is -2.37. The van der Waals surface area contributed by atoms with Crippen LogP contribution in [-0.4, -0.2) is 89.4 Å². The molecule has 0 bridgehead atoms.